The van der Waals surface area contributed by atoms with Gasteiger partial charge in [-0.05, 0) is 17.7 Å². The van der Waals surface area contributed by atoms with Gasteiger partial charge in [0.2, 0.25) is 0 Å². The lowest BCUT2D eigenvalue weighted by molar-refractivity contribution is 0.0746. The summed E-state index contributed by atoms with van der Waals surface area (Å²) < 4.78 is 28.0. The van der Waals surface area contributed by atoms with Crippen LogP contribution < -0.4 is 0 Å². The number of hydrogen-bond donors (Lipinski definition) is 0. The van der Waals surface area contributed by atoms with E-state index >= 15 is 0 Å². The van der Waals surface area contributed by atoms with Crippen LogP contribution in [0, 0.1) is 0 Å². The zero-order valence-electron chi connectivity index (χ0n) is 10.0. The highest BCUT2D eigenvalue weighted by molar-refractivity contribution is 7.86. The van der Waals surface area contributed by atoms with Crippen LogP contribution >= 0.6 is 0 Å². The van der Waals surface area contributed by atoms with Crippen molar-refractivity contribution in [3.05, 3.63) is 71.8 Å². The Morgan fingerprint density at radius 1 is 0.895 bits per heavy atom. The molecule has 0 aliphatic carbocycles. The first-order valence-electron chi connectivity index (χ1n) is 5.62. The molecule has 0 fully saturated rings. The highest BCUT2D eigenvalue weighted by atomic mass is 32.2. The summed E-state index contributed by atoms with van der Waals surface area (Å²) in [5.41, 5.74) is 0.780. The highest BCUT2D eigenvalue weighted by Crippen LogP contribution is 2.10. The Hall–Kier alpha value is -2.14. The maximum absolute atomic E-state index is 11.7. The maximum atomic E-state index is 11.7. The summed E-state index contributed by atoms with van der Waals surface area (Å²) in [6.45, 7) is 0. The molecule has 0 saturated heterocycles. The first-order valence-corrected chi connectivity index (χ1v) is 7.20. The molecule has 2 rings (SSSR count). The van der Waals surface area contributed by atoms with Gasteiger partial charge < -0.3 is 4.18 Å². The van der Waals surface area contributed by atoms with Gasteiger partial charge >= 0.3 is 16.1 Å². The van der Waals surface area contributed by atoms with Crippen LogP contribution in [0.3, 0.4) is 0 Å². The van der Waals surface area contributed by atoms with Crippen LogP contribution in [0.15, 0.2) is 60.7 Å². The molecule has 2 aromatic carbocycles. The predicted molar refractivity (Wildman–Crippen MR) is 70.9 cm³/mol. The summed E-state index contributed by atoms with van der Waals surface area (Å²) in [6.07, 6.45) is 0. The Balaban J connectivity index is 2.08. The molecule has 0 atom stereocenters. The van der Waals surface area contributed by atoms with Gasteiger partial charge in [-0.15, -0.1) is 0 Å². The third kappa shape index (κ3) is 3.93. The Morgan fingerprint density at radius 2 is 1.42 bits per heavy atom. The van der Waals surface area contributed by atoms with E-state index in [2.05, 4.69) is 4.18 Å². The quantitative estimate of drug-likeness (QED) is 0.804. The second kappa shape index (κ2) is 5.67. The Kier molecular flexibility index (Phi) is 3.97. The van der Waals surface area contributed by atoms with Gasteiger partial charge in [0.1, 0.15) is 5.75 Å². The van der Waals surface area contributed by atoms with Crippen LogP contribution in [0.2, 0.25) is 0 Å². The molecule has 2 aromatic rings. The molecule has 98 valence electrons. The number of hydrogen-bond acceptors (Lipinski definition) is 4. The average Bonchev–Trinajstić information content (AvgIpc) is 2.39. The van der Waals surface area contributed by atoms with Crippen LogP contribution in [-0.2, 0) is 20.1 Å². The summed E-state index contributed by atoms with van der Waals surface area (Å²) in [7, 11) is -3.93. The van der Waals surface area contributed by atoms with Crippen molar-refractivity contribution in [3.8, 4) is 0 Å². The first-order chi connectivity index (χ1) is 9.07. The Morgan fingerprint density at radius 3 is 2.00 bits per heavy atom. The van der Waals surface area contributed by atoms with Crippen molar-refractivity contribution >= 4 is 16.1 Å². The van der Waals surface area contributed by atoms with Crippen molar-refractivity contribution < 1.29 is 17.4 Å². The van der Waals surface area contributed by atoms with Gasteiger partial charge in [0.25, 0.3) is 0 Å². The molecule has 0 saturated carbocycles. The summed E-state index contributed by atoms with van der Waals surface area (Å²) in [5, 5.41) is 0. The van der Waals surface area contributed by atoms with Crippen molar-refractivity contribution in [2.45, 2.75) is 5.75 Å². The molecule has 0 unspecified atom stereocenters. The van der Waals surface area contributed by atoms with E-state index in [1.54, 1.807) is 48.5 Å². The number of benzene rings is 2. The zero-order valence-corrected chi connectivity index (χ0v) is 10.8. The second-order valence-corrected chi connectivity index (χ2v) is 5.50. The van der Waals surface area contributed by atoms with E-state index in [-0.39, 0.29) is 11.3 Å². The third-order valence-corrected chi connectivity index (χ3v) is 3.49. The van der Waals surface area contributed by atoms with Gasteiger partial charge in [0, 0.05) is 0 Å². The number of rotatable bonds is 4. The molecule has 4 nitrogen and oxygen atoms in total. The molecule has 0 aliphatic heterocycles. The van der Waals surface area contributed by atoms with E-state index in [0.29, 0.717) is 5.56 Å². The largest absolute Gasteiger partial charge is 0.353 e. The Bertz CT molecular complexity index is 648. The van der Waals surface area contributed by atoms with Crippen molar-refractivity contribution in [2.24, 2.45) is 0 Å². The van der Waals surface area contributed by atoms with Crippen LogP contribution in [0.25, 0.3) is 0 Å². The molecule has 0 bridgehead atoms. The highest BCUT2D eigenvalue weighted by Gasteiger charge is 2.18. The Labute approximate surface area is 111 Å². The van der Waals surface area contributed by atoms with Crippen molar-refractivity contribution in [1.82, 2.24) is 0 Å². The van der Waals surface area contributed by atoms with Crippen LogP contribution in [0.1, 0.15) is 15.9 Å². The van der Waals surface area contributed by atoms with Crippen molar-refractivity contribution in [1.29, 1.82) is 0 Å². The fourth-order valence-corrected chi connectivity index (χ4v) is 2.53. The van der Waals surface area contributed by atoms with E-state index in [4.69, 9.17) is 0 Å². The minimum atomic E-state index is -3.93. The molecule has 0 spiro atoms. The second-order valence-electron chi connectivity index (χ2n) is 3.92. The van der Waals surface area contributed by atoms with Gasteiger partial charge in [0.05, 0.1) is 5.56 Å². The maximum Gasteiger partial charge on any atom is 0.353 e. The van der Waals surface area contributed by atoms with Crippen LogP contribution in [0.5, 0.6) is 0 Å². The summed E-state index contributed by atoms with van der Waals surface area (Å²) in [5.74, 6) is -1.19. The van der Waals surface area contributed by atoms with Crippen molar-refractivity contribution in [3.63, 3.8) is 0 Å². The topological polar surface area (TPSA) is 60.4 Å². The normalized spacial score (nSPS) is 10.9. The predicted octanol–water partition coefficient (Wildman–Crippen LogP) is 2.37. The average molecular weight is 276 g/mol. The van der Waals surface area contributed by atoms with Gasteiger partial charge in [-0.25, -0.2) is 4.79 Å². The summed E-state index contributed by atoms with van der Waals surface area (Å²) in [4.78, 5) is 11.6. The minimum Gasteiger partial charge on any atom is -0.341 e. The van der Waals surface area contributed by atoms with E-state index in [1.807, 2.05) is 0 Å². The molecule has 5 heteroatoms. The van der Waals surface area contributed by atoms with E-state index in [9.17, 15) is 13.2 Å². The van der Waals surface area contributed by atoms with Gasteiger partial charge in [-0.1, -0.05) is 48.5 Å². The lowest BCUT2D eigenvalue weighted by Gasteiger charge is -2.05. The molecule has 0 amide bonds. The lowest BCUT2D eigenvalue weighted by Crippen LogP contribution is -2.15. The van der Waals surface area contributed by atoms with Gasteiger partial charge in [-0.3, -0.25) is 0 Å². The van der Waals surface area contributed by atoms with Crippen LogP contribution in [-0.4, -0.2) is 14.4 Å². The van der Waals surface area contributed by atoms with Crippen LogP contribution in [0.4, 0.5) is 0 Å². The fraction of sp³-hybridized carbons (Fsp3) is 0.0714. The molecule has 0 aromatic heterocycles. The third-order valence-electron chi connectivity index (χ3n) is 2.40. The number of carbonyl (C=O) groups excluding carboxylic acids is 1. The minimum absolute atomic E-state index is 0.208. The molecular weight excluding hydrogens is 264 g/mol. The fourth-order valence-electron chi connectivity index (χ4n) is 1.55. The molecule has 19 heavy (non-hydrogen) atoms. The first kappa shape index (κ1) is 13.3. The zero-order chi connectivity index (χ0) is 13.7. The molecule has 0 aliphatic rings. The van der Waals surface area contributed by atoms with E-state index < -0.39 is 16.1 Å². The summed E-state index contributed by atoms with van der Waals surface area (Å²) in [6, 6.07) is 16.6. The van der Waals surface area contributed by atoms with Gasteiger partial charge in [-0.2, -0.15) is 8.42 Å². The van der Waals surface area contributed by atoms with E-state index in [1.165, 1.54) is 12.1 Å². The smallest absolute Gasteiger partial charge is 0.341 e. The monoisotopic (exact) mass is 276 g/mol. The SMILES string of the molecule is O=C(OS(=O)(=O)Cc1ccccc1)c1ccccc1. The molecule has 0 heterocycles. The standard InChI is InChI=1S/C14H12O4S/c15-14(13-9-5-2-6-10-13)18-19(16,17)11-12-7-3-1-4-8-12/h1-10H,11H2. The van der Waals surface area contributed by atoms with Crippen molar-refractivity contribution in [2.75, 3.05) is 0 Å². The van der Waals surface area contributed by atoms with Gasteiger partial charge in [0.15, 0.2) is 0 Å². The molecular formula is C14H12O4S. The molecule has 0 N–H and O–H groups in total. The lowest BCUT2D eigenvalue weighted by atomic mass is 10.2. The summed E-state index contributed by atoms with van der Waals surface area (Å²) >= 11 is 0. The van der Waals surface area contributed by atoms with E-state index in [0.717, 1.165) is 0 Å². The molecule has 0 radical (unpaired) electrons. The number of carbonyl (C=O) groups is 1.